The number of phenolic OH excluding ortho intramolecular Hbond substituents is 1. The van der Waals surface area contributed by atoms with Gasteiger partial charge < -0.3 is 15.2 Å². The van der Waals surface area contributed by atoms with Crippen LogP contribution in [0.1, 0.15) is 10.4 Å². The fourth-order valence-electron chi connectivity index (χ4n) is 1.49. The summed E-state index contributed by atoms with van der Waals surface area (Å²) >= 11 is 2.03. The molecule has 0 bridgehead atoms. The predicted molar refractivity (Wildman–Crippen MR) is 79.6 cm³/mol. The Bertz CT molecular complexity index is 617. The van der Waals surface area contributed by atoms with Crippen molar-refractivity contribution in [2.45, 2.75) is 0 Å². The van der Waals surface area contributed by atoms with E-state index in [0.29, 0.717) is 17.0 Å². The highest BCUT2D eigenvalue weighted by atomic mass is 127. The number of amides is 1. The molecule has 98 valence electrons. The Labute approximate surface area is 123 Å². The van der Waals surface area contributed by atoms with Crippen molar-refractivity contribution >= 4 is 34.2 Å². The van der Waals surface area contributed by atoms with Gasteiger partial charge in [0.25, 0.3) is 5.91 Å². The number of aromatic nitrogens is 1. The summed E-state index contributed by atoms with van der Waals surface area (Å²) in [5, 5.41) is 12.4. The molecule has 0 unspecified atom stereocenters. The van der Waals surface area contributed by atoms with Crippen molar-refractivity contribution in [3.05, 3.63) is 45.8 Å². The molecule has 1 aromatic heterocycles. The Morgan fingerprint density at radius 3 is 2.84 bits per heavy atom. The van der Waals surface area contributed by atoms with E-state index in [-0.39, 0.29) is 11.7 Å². The lowest BCUT2D eigenvalue weighted by Crippen LogP contribution is -2.13. The van der Waals surface area contributed by atoms with Crippen LogP contribution in [0.5, 0.6) is 11.5 Å². The predicted octanol–water partition coefficient (Wildman–Crippen LogP) is 2.65. The Hall–Kier alpha value is -1.83. The second kappa shape index (κ2) is 5.87. The van der Waals surface area contributed by atoms with Crippen molar-refractivity contribution in [3.63, 3.8) is 0 Å². The normalized spacial score (nSPS) is 10.0. The third kappa shape index (κ3) is 3.14. The summed E-state index contributed by atoms with van der Waals surface area (Å²) < 4.78 is 5.72. The van der Waals surface area contributed by atoms with Crippen molar-refractivity contribution < 1.29 is 14.6 Å². The molecular weight excluding hydrogens is 359 g/mol. The van der Waals surface area contributed by atoms with Gasteiger partial charge in [0.05, 0.1) is 18.4 Å². The maximum absolute atomic E-state index is 12.1. The Kier molecular flexibility index (Phi) is 4.20. The number of carbonyl (C=O) groups excluding carboxylic acids is 1. The minimum Gasteiger partial charge on any atom is -0.506 e. The highest BCUT2D eigenvalue weighted by molar-refractivity contribution is 14.1. The summed E-state index contributed by atoms with van der Waals surface area (Å²) in [4.78, 5) is 16.0. The monoisotopic (exact) mass is 370 g/mol. The van der Waals surface area contributed by atoms with Gasteiger partial charge in [-0.3, -0.25) is 9.78 Å². The van der Waals surface area contributed by atoms with Gasteiger partial charge in [-0.1, -0.05) is 0 Å². The largest absolute Gasteiger partial charge is 0.506 e. The molecule has 0 aliphatic carbocycles. The third-order valence-electron chi connectivity index (χ3n) is 2.47. The number of benzene rings is 1. The topological polar surface area (TPSA) is 71.5 Å². The minimum absolute atomic E-state index is 0.0447. The fraction of sp³-hybridized carbons (Fsp3) is 0.0769. The van der Waals surface area contributed by atoms with Crippen LogP contribution in [-0.4, -0.2) is 23.1 Å². The third-order valence-corrected chi connectivity index (χ3v) is 3.33. The van der Waals surface area contributed by atoms with Crippen molar-refractivity contribution in [1.82, 2.24) is 4.98 Å². The van der Waals surface area contributed by atoms with E-state index in [1.54, 1.807) is 30.6 Å². The quantitative estimate of drug-likeness (QED) is 0.644. The Balaban J connectivity index is 2.22. The highest BCUT2D eigenvalue weighted by Gasteiger charge is 2.12. The molecule has 2 rings (SSSR count). The molecule has 0 radical (unpaired) electrons. The number of phenols is 1. The number of halogens is 1. The molecule has 5 nitrogen and oxygen atoms in total. The highest BCUT2D eigenvalue weighted by Crippen LogP contribution is 2.28. The lowest BCUT2D eigenvalue weighted by molar-refractivity contribution is 0.102. The number of rotatable bonds is 3. The lowest BCUT2D eigenvalue weighted by atomic mass is 10.2. The van der Waals surface area contributed by atoms with E-state index in [9.17, 15) is 9.90 Å². The molecule has 1 amide bonds. The van der Waals surface area contributed by atoms with Crippen molar-refractivity contribution in [2.75, 3.05) is 12.4 Å². The number of carbonyl (C=O) groups is 1. The number of aromatic hydroxyl groups is 1. The van der Waals surface area contributed by atoms with Crippen molar-refractivity contribution in [1.29, 1.82) is 0 Å². The molecule has 0 spiro atoms. The van der Waals surface area contributed by atoms with Crippen LogP contribution in [0, 0.1) is 3.57 Å². The molecule has 0 fully saturated rings. The van der Waals surface area contributed by atoms with Crippen molar-refractivity contribution in [3.8, 4) is 11.5 Å². The van der Waals surface area contributed by atoms with E-state index in [0.717, 1.165) is 3.57 Å². The Morgan fingerprint density at radius 1 is 1.42 bits per heavy atom. The molecule has 0 saturated heterocycles. The van der Waals surface area contributed by atoms with Crippen LogP contribution in [0.25, 0.3) is 0 Å². The summed E-state index contributed by atoms with van der Waals surface area (Å²) in [6.07, 6.45) is 3.15. The number of pyridine rings is 1. The zero-order chi connectivity index (χ0) is 13.8. The molecule has 0 aliphatic heterocycles. The molecule has 1 aromatic carbocycles. The number of nitrogens with one attached hydrogen (secondary N) is 1. The van der Waals surface area contributed by atoms with Crippen LogP contribution in [0.3, 0.4) is 0 Å². The molecule has 2 N–H and O–H groups in total. The van der Waals surface area contributed by atoms with Gasteiger partial charge in [0.15, 0.2) is 0 Å². The van der Waals surface area contributed by atoms with E-state index < -0.39 is 0 Å². The van der Waals surface area contributed by atoms with Crippen molar-refractivity contribution in [2.24, 2.45) is 0 Å². The van der Waals surface area contributed by atoms with Crippen LogP contribution in [-0.2, 0) is 0 Å². The summed E-state index contributed by atoms with van der Waals surface area (Å²) in [6.45, 7) is 0. The van der Waals surface area contributed by atoms with E-state index in [1.165, 1.54) is 13.2 Å². The van der Waals surface area contributed by atoms with Gasteiger partial charge in [-0.2, -0.15) is 0 Å². The van der Waals surface area contributed by atoms with E-state index in [2.05, 4.69) is 10.3 Å². The Morgan fingerprint density at radius 2 is 2.21 bits per heavy atom. The second-order valence-corrected chi connectivity index (χ2v) is 4.85. The average Bonchev–Trinajstić information content (AvgIpc) is 2.41. The van der Waals surface area contributed by atoms with Gasteiger partial charge in [0.2, 0.25) is 0 Å². The van der Waals surface area contributed by atoms with E-state index in [4.69, 9.17) is 4.74 Å². The standard InChI is InChI=1S/C13H11IN2O3/c1-19-8-2-3-11(12(17)6-8)16-13(18)9-4-5-15-7-10(9)14/h2-7,17H,1H3,(H,16,18). The van der Waals surface area contributed by atoms with Gasteiger partial charge >= 0.3 is 0 Å². The van der Waals surface area contributed by atoms with Gasteiger partial charge in [-0.25, -0.2) is 0 Å². The van der Waals surface area contributed by atoms with Gasteiger partial charge in [-0.15, -0.1) is 0 Å². The molecule has 0 aliphatic rings. The first-order chi connectivity index (χ1) is 9.11. The first-order valence-electron chi connectivity index (χ1n) is 5.39. The first-order valence-corrected chi connectivity index (χ1v) is 6.47. The maximum atomic E-state index is 12.1. The second-order valence-electron chi connectivity index (χ2n) is 3.69. The molecule has 1 heterocycles. The summed E-state index contributed by atoms with van der Waals surface area (Å²) in [7, 11) is 1.51. The number of nitrogens with zero attached hydrogens (tertiary/aromatic N) is 1. The van der Waals surface area contributed by atoms with Crippen LogP contribution < -0.4 is 10.1 Å². The van der Waals surface area contributed by atoms with Gasteiger partial charge in [-0.05, 0) is 40.8 Å². The van der Waals surface area contributed by atoms with Crippen LogP contribution in [0.2, 0.25) is 0 Å². The zero-order valence-corrected chi connectivity index (χ0v) is 12.2. The van der Waals surface area contributed by atoms with Gasteiger partial charge in [0.1, 0.15) is 11.5 Å². The van der Waals surface area contributed by atoms with Crippen LogP contribution >= 0.6 is 22.6 Å². The first kappa shape index (κ1) is 13.6. The van der Waals surface area contributed by atoms with Gasteiger partial charge in [0, 0.05) is 22.0 Å². The molecular formula is C13H11IN2O3. The number of methoxy groups -OCH3 is 1. The molecule has 2 aromatic rings. The summed E-state index contributed by atoms with van der Waals surface area (Å²) in [5.41, 5.74) is 0.837. The SMILES string of the molecule is COc1ccc(NC(=O)c2ccncc2I)c(O)c1. The molecule has 6 heteroatoms. The van der Waals surface area contributed by atoms with E-state index in [1.807, 2.05) is 22.6 Å². The minimum atomic E-state index is -0.299. The van der Waals surface area contributed by atoms with E-state index >= 15 is 0 Å². The molecule has 0 atom stereocenters. The fourth-order valence-corrected chi connectivity index (χ4v) is 2.08. The maximum Gasteiger partial charge on any atom is 0.256 e. The smallest absolute Gasteiger partial charge is 0.256 e. The number of anilines is 1. The molecule has 0 saturated carbocycles. The summed E-state index contributed by atoms with van der Waals surface area (Å²) in [6, 6.07) is 6.30. The zero-order valence-electron chi connectivity index (χ0n) is 10.1. The van der Waals surface area contributed by atoms with Crippen LogP contribution in [0.4, 0.5) is 5.69 Å². The lowest BCUT2D eigenvalue weighted by Gasteiger charge is -2.09. The summed E-state index contributed by atoms with van der Waals surface area (Å²) in [5.74, 6) is 0.179. The number of hydrogen-bond donors (Lipinski definition) is 2. The average molecular weight is 370 g/mol. The van der Waals surface area contributed by atoms with Crippen LogP contribution in [0.15, 0.2) is 36.7 Å². The molecule has 19 heavy (non-hydrogen) atoms. The number of ether oxygens (including phenoxy) is 1. The number of hydrogen-bond acceptors (Lipinski definition) is 4.